The van der Waals surface area contributed by atoms with Crippen molar-refractivity contribution in [3.8, 4) is 0 Å². The molecule has 0 spiro atoms. The summed E-state index contributed by atoms with van der Waals surface area (Å²) in [7, 11) is 0. The van der Waals surface area contributed by atoms with Crippen molar-refractivity contribution < 1.29 is 0 Å². The first kappa shape index (κ1) is 10.5. The van der Waals surface area contributed by atoms with Crippen molar-refractivity contribution in [1.29, 1.82) is 0 Å². The van der Waals surface area contributed by atoms with Crippen LogP contribution in [-0.4, -0.2) is 24.1 Å². The maximum atomic E-state index is 5.80. The van der Waals surface area contributed by atoms with Crippen LogP contribution in [-0.2, 0) is 0 Å². The zero-order valence-corrected chi connectivity index (χ0v) is 9.84. The van der Waals surface area contributed by atoms with E-state index in [1.807, 2.05) is 12.1 Å². The molecule has 1 fully saturated rings. The Balaban J connectivity index is 2.00. The van der Waals surface area contributed by atoms with Crippen molar-refractivity contribution >= 4 is 16.7 Å². The summed E-state index contributed by atoms with van der Waals surface area (Å²) in [5, 5.41) is 1.19. The molecule has 1 unspecified atom stereocenters. The van der Waals surface area contributed by atoms with Crippen LogP contribution in [0.3, 0.4) is 0 Å². The largest absolute Gasteiger partial charge is 0.352 e. The standard InChI is InChI=1S/C14H17N3/c15-10-12-5-3-9-17(12)14-8-7-11-4-1-2-6-13(11)16-14/h1-2,4,6-8,12H,3,5,9-10,15H2. The number of para-hydroxylation sites is 1. The third kappa shape index (κ3) is 1.87. The second-order valence-corrected chi connectivity index (χ2v) is 4.59. The summed E-state index contributed by atoms with van der Waals surface area (Å²) in [6.07, 6.45) is 2.40. The first-order valence-electron chi connectivity index (χ1n) is 6.21. The van der Waals surface area contributed by atoms with Crippen LogP contribution in [0.2, 0.25) is 0 Å². The molecule has 0 aliphatic carbocycles. The summed E-state index contributed by atoms with van der Waals surface area (Å²) in [6.45, 7) is 1.79. The predicted octanol–water partition coefficient (Wildman–Crippen LogP) is 2.16. The molecule has 1 aromatic carbocycles. The van der Waals surface area contributed by atoms with E-state index in [4.69, 9.17) is 10.7 Å². The fourth-order valence-corrected chi connectivity index (χ4v) is 2.60. The summed E-state index contributed by atoms with van der Waals surface area (Å²) < 4.78 is 0. The molecular weight excluding hydrogens is 210 g/mol. The minimum atomic E-state index is 0.462. The zero-order chi connectivity index (χ0) is 11.7. The molecule has 0 amide bonds. The molecular formula is C14H17N3. The SMILES string of the molecule is NCC1CCCN1c1ccc2ccccc2n1. The Morgan fingerprint density at radius 1 is 1.24 bits per heavy atom. The number of aromatic nitrogens is 1. The first-order chi connectivity index (χ1) is 8.38. The maximum absolute atomic E-state index is 5.80. The van der Waals surface area contributed by atoms with Crippen molar-refractivity contribution in [2.45, 2.75) is 18.9 Å². The van der Waals surface area contributed by atoms with Crippen LogP contribution >= 0.6 is 0 Å². The smallest absolute Gasteiger partial charge is 0.129 e. The molecule has 1 aliphatic rings. The second kappa shape index (κ2) is 4.34. The van der Waals surface area contributed by atoms with Gasteiger partial charge in [-0.05, 0) is 31.0 Å². The van der Waals surface area contributed by atoms with Crippen LogP contribution in [0.25, 0.3) is 10.9 Å². The summed E-state index contributed by atoms with van der Waals surface area (Å²) in [5.74, 6) is 1.07. The molecule has 0 saturated carbocycles. The van der Waals surface area contributed by atoms with Crippen molar-refractivity contribution in [3.63, 3.8) is 0 Å². The number of pyridine rings is 1. The Bertz CT molecular complexity index is 524. The lowest BCUT2D eigenvalue weighted by Crippen LogP contribution is -2.35. The molecule has 3 heteroatoms. The number of anilines is 1. The van der Waals surface area contributed by atoms with Gasteiger partial charge in [-0.3, -0.25) is 0 Å². The van der Waals surface area contributed by atoms with E-state index in [-0.39, 0.29) is 0 Å². The Hall–Kier alpha value is -1.61. The topological polar surface area (TPSA) is 42.1 Å². The molecule has 1 saturated heterocycles. The summed E-state index contributed by atoms with van der Waals surface area (Å²) in [4.78, 5) is 7.07. The fraction of sp³-hybridized carbons (Fsp3) is 0.357. The molecule has 3 nitrogen and oxygen atoms in total. The summed E-state index contributed by atoms with van der Waals surface area (Å²) in [6, 6.07) is 12.9. The van der Waals surface area contributed by atoms with Crippen LogP contribution in [0, 0.1) is 0 Å². The fourth-order valence-electron chi connectivity index (χ4n) is 2.60. The monoisotopic (exact) mass is 227 g/mol. The third-order valence-corrected chi connectivity index (χ3v) is 3.53. The number of hydrogen-bond donors (Lipinski definition) is 1. The Morgan fingerprint density at radius 2 is 2.12 bits per heavy atom. The minimum Gasteiger partial charge on any atom is -0.352 e. The van der Waals surface area contributed by atoms with Gasteiger partial charge in [0.2, 0.25) is 0 Å². The second-order valence-electron chi connectivity index (χ2n) is 4.59. The van der Waals surface area contributed by atoms with Gasteiger partial charge in [-0.15, -0.1) is 0 Å². The number of fused-ring (bicyclic) bond motifs is 1. The highest BCUT2D eigenvalue weighted by atomic mass is 15.2. The van der Waals surface area contributed by atoms with Crippen molar-refractivity contribution in [2.24, 2.45) is 5.73 Å². The molecule has 1 atom stereocenters. The van der Waals surface area contributed by atoms with Gasteiger partial charge in [0.1, 0.15) is 5.82 Å². The lowest BCUT2D eigenvalue weighted by molar-refractivity contribution is 0.672. The number of benzene rings is 1. The van der Waals surface area contributed by atoms with E-state index in [2.05, 4.69) is 29.2 Å². The van der Waals surface area contributed by atoms with Gasteiger partial charge < -0.3 is 10.6 Å². The normalized spacial score (nSPS) is 20.1. The molecule has 17 heavy (non-hydrogen) atoms. The molecule has 2 N–H and O–H groups in total. The van der Waals surface area contributed by atoms with Gasteiger partial charge in [-0.1, -0.05) is 18.2 Å². The highest BCUT2D eigenvalue weighted by molar-refractivity contribution is 5.80. The van der Waals surface area contributed by atoms with E-state index in [1.165, 1.54) is 18.2 Å². The van der Waals surface area contributed by atoms with Gasteiger partial charge >= 0.3 is 0 Å². The van der Waals surface area contributed by atoms with E-state index >= 15 is 0 Å². The van der Waals surface area contributed by atoms with Gasteiger partial charge in [0.15, 0.2) is 0 Å². The number of hydrogen-bond acceptors (Lipinski definition) is 3. The highest BCUT2D eigenvalue weighted by Crippen LogP contribution is 2.25. The van der Waals surface area contributed by atoms with Crippen LogP contribution < -0.4 is 10.6 Å². The molecule has 0 bridgehead atoms. The zero-order valence-electron chi connectivity index (χ0n) is 9.84. The molecule has 1 aliphatic heterocycles. The van der Waals surface area contributed by atoms with Crippen molar-refractivity contribution in [1.82, 2.24) is 4.98 Å². The van der Waals surface area contributed by atoms with Gasteiger partial charge in [0, 0.05) is 24.5 Å². The Labute approximate surface area is 101 Å². The van der Waals surface area contributed by atoms with Crippen LogP contribution in [0.1, 0.15) is 12.8 Å². The molecule has 3 rings (SSSR count). The van der Waals surface area contributed by atoms with E-state index in [0.717, 1.165) is 17.9 Å². The lowest BCUT2D eigenvalue weighted by atomic mass is 10.2. The van der Waals surface area contributed by atoms with Crippen LogP contribution in [0.15, 0.2) is 36.4 Å². The van der Waals surface area contributed by atoms with Gasteiger partial charge in [-0.2, -0.15) is 0 Å². The molecule has 1 aromatic heterocycles. The molecule has 2 aromatic rings. The number of nitrogens with zero attached hydrogens (tertiary/aromatic N) is 2. The maximum Gasteiger partial charge on any atom is 0.129 e. The lowest BCUT2D eigenvalue weighted by Gasteiger charge is -2.24. The quantitative estimate of drug-likeness (QED) is 0.855. The van der Waals surface area contributed by atoms with Gasteiger partial charge in [-0.25, -0.2) is 4.98 Å². The minimum absolute atomic E-state index is 0.462. The summed E-state index contributed by atoms with van der Waals surface area (Å²) in [5.41, 5.74) is 6.87. The van der Waals surface area contributed by atoms with Crippen molar-refractivity contribution in [2.75, 3.05) is 18.0 Å². The van der Waals surface area contributed by atoms with E-state index in [1.54, 1.807) is 0 Å². The highest BCUT2D eigenvalue weighted by Gasteiger charge is 2.24. The van der Waals surface area contributed by atoms with Crippen LogP contribution in [0.5, 0.6) is 0 Å². The van der Waals surface area contributed by atoms with E-state index in [0.29, 0.717) is 12.6 Å². The van der Waals surface area contributed by atoms with Crippen molar-refractivity contribution in [3.05, 3.63) is 36.4 Å². The Kier molecular flexibility index (Phi) is 2.69. The Morgan fingerprint density at radius 3 is 3.00 bits per heavy atom. The number of nitrogens with two attached hydrogens (primary N) is 1. The van der Waals surface area contributed by atoms with Crippen LogP contribution in [0.4, 0.5) is 5.82 Å². The third-order valence-electron chi connectivity index (χ3n) is 3.53. The molecule has 88 valence electrons. The van der Waals surface area contributed by atoms with E-state index in [9.17, 15) is 0 Å². The predicted molar refractivity (Wildman–Crippen MR) is 71.2 cm³/mol. The first-order valence-corrected chi connectivity index (χ1v) is 6.21. The number of rotatable bonds is 2. The average Bonchev–Trinajstić information content (AvgIpc) is 2.86. The summed E-state index contributed by atoms with van der Waals surface area (Å²) >= 11 is 0. The van der Waals surface area contributed by atoms with E-state index < -0.39 is 0 Å². The van der Waals surface area contributed by atoms with Gasteiger partial charge in [0.25, 0.3) is 0 Å². The average molecular weight is 227 g/mol. The molecule has 0 radical (unpaired) electrons. The van der Waals surface area contributed by atoms with Gasteiger partial charge in [0.05, 0.1) is 5.52 Å². The molecule has 2 heterocycles.